The monoisotopic (exact) mass is 450 g/mol. The van der Waals surface area contributed by atoms with Gasteiger partial charge in [-0.15, -0.1) is 11.8 Å². The summed E-state index contributed by atoms with van der Waals surface area (Å²) >= 11 is 1.36. The van der Waals surface area contributed by atoms with Gasteiger partial charge in [0.1, 0.15) is 34.6 Å². The van der Waals surface area contributed by atoms with Crippen LogP contribution in [0.2, 0.25) is 0 Å². The number of carboxylic acids is 1. The quantitative estimate of drug-likeness (QED) is 0.409. The maximum absolute atomic E-state index is 13.5. The summed E-state index contributed by atoms with van der Waals surface area (Å²) in [6.07, 6.45) is 0.168. The summed E-state index contributed by atoms with van der Waals surface area (Å²) in [6.45, 7) is 0.132. The molecule has 2 aromatic carbocycles. The van der Waals surface area contributed by atoms with Gasteiger partial charge in [0.15, 0.2) is 5.54 Å². The summed E-state index contributed by atoms with van der Waals surface area (Å²) in [5, 5.41) is 12.3. The molecule has 0 spiro atoms. The SMILES string of the molecule is Nc1ccc2cccc(OCC3=NC(Cc4cc5ccc(F)cc5[nH]4)(C(=O)O)CS3)c2n1. The molecule has 0 saturated heterocycles. The molecule has 162 valence electrons. The molecule has 5 rings (SSSR count). The number of aliphatic carboxylic acids is 1. The molecule has 2 aromatic heterocycles. The van der Waals surface area contributed by atoms with Crippen LogP contribution in [0.3, 0.4) is 0 Å². The molecule has 32 heavy (non-hydrogen) atoms. The molecule has 1 unspecified atom stereocenters. The first-order valence-electron chi connectivity index (χ1n) is 9.92. The fourth-order valence-electron chi connectivity index (χ4n) is 3.82. The molecule has 4 N–H and O–H groups in total. The van der Waals surface area contributed by atoms with Crippen LogP contribution in [0.5, 0.6) is 5.75 Å². The summed E-state index contributed by atoms with van der Waals surface area (Å²) in [5.74, 6) is -0.125. The molecule has 4 aromatic rings. The van der Waals surface area contributed by atoms with E-state index in [1.54, 1.807) is 18.2 Å². The number of nitrogens with one attached hydrogen (secondary N) is 1. The Bertz CT molecular complexity index is 1390. The molecule has 0 radical (unpaired) electrons. The van der Waals surface area contributed by atoms with Crippen LogP contribution in [-0.4, -0.2) is 44.0 Å². The largest absolute Gasteiger partial charge is 0.484 e. The number of halogens is 1. The van der Waals surface area contributed by atoms with E-state index >= 15 is 0 Å². The predicted octanol–water partition coefficient (Wildman–Crippen LogP) is 4.03. The van der Waals surface area contributed by atoms with Crippen molar-refractivity contribution >= 4 is 50.4 Å². The number of aromatic amines is 1. The standard InChI is InChI=1S/C23H19FN4O3S/c24-15-6-4-14-8-16(26-17(14)9-15)10-23(22(29)30)12-32-20(28-23)11-31-18-3-1-2-13-5-7-19(25)27-21(13)18/h1-9,26H,10-12H2,(H2,25,27)(H,29,30). The number of aromatic nitrogens is 2. The molecule has 0 amide bonds. The first kappa shape index (κ1) is 20.3. The zero-order valence-electron chi connectivity index (χ0n) is 16.8. The lowest BCUT2D eigenvalue weighted by Gasteiger charge is -2.19. The van der Waals surface area contributed by atoms with Gasteiger partial charge in [-0.05, 0) is 47.9 Å². The number of pyridine rings is 1. The molecule has 3 heterocycles. The van der Waals surface area contributed by atoms with Gasteiger partial charge in [0.2, 0.25) is 0 Å². The fourth-order valence-corrected chi connectivity index (χ4v) is 4.89. The van der Waals surface area contributed by atoms with Gasteiger partial charge in [0, 0.05) is 28.8 Å². The lowest BCUT2D eigenvalue weighted by Crippen LogP contribution is -2.39. The number of aliphatic imine (C=N–C) groups is 1. The Morgan fingerprint density at radius 1 is 1.22 bits per heavy atom. The second-order valence-electron chi connectivity index (χ2n) is 7.69. The average molecular weight is 450 g/mol. The second-order valence-corrected chi connectivity index (χ2v) is 8.74. The van der Waals surface area contributed by atoms with E-state index in [0.717, 1.165) is 10.8 Å². The van der Waals surface area contributed by atoms with Crippen molar-refractivity contribution in [2.24, 2.45) is 4.99 Å². The second kappa shape index (κ2) is 7.83. The molecular formula is C23H19FN4O3S. The van der Waals surface area contributed by atoms with Crippen molar-refractivity contribution in [2.75, 3.05) is 18.1 Å². The minimum Gasteiger partial charge on any atom is -0.484 e. The van der Waals surface area contributed by atoms with E-state index in [1.807, 2.05) is 24.3 Å². The molecule has 7 nitrogen and oxygen atoms in total. The Hall–Kier alpha value is -3.59. The van der Waals surface area contributed by atoms with Crippen LogP contribution < -0.4 is 10.5 Å². The number of rotatable bonds is 6. The summed E-state index contributed by atoms with van der Waals surface area (Å²) in [7, 11) is 0. The highest BCUT2D eigenvalue weighted by molar-refractivity contribution is 8.14. The number of carboxylic acid groups (broad SMARTS) is 1. The Balaban J connectivity index is 1.38. The molecule has 1 aliphatic heterocycles. The summed E-state index contributed by atoms with van der Waals surface area (Å²) in [4.78, 5) is 24.2. The van der Waals surface area contributed by atoms with E-state index in [4.69, 9.17) is 10.5 Å². The van der Waals surface area contributed by atoms with Gasteiger partial charge in [-0.25, -0.2) is 14.2 Å². The molecule has 0 saturated carbocycles. The van der Waals surface area contributed by atoms with Crippen molar-refractivity contribution in [2.45, 2.75) is 12.0 Å². The topological polar surface area (TPSA) is 114 Å². The predicted molar refractivity (Wildman–Crippen MR) is 124 cm³/mol. The van der Waals surface area contributed by atoms with Crippen molar-refractivity contribution in [3.05, 3.63) is 66.1 Å². The van der Waals surface area contributed by atoms with Crippen molar-refractivity contribution in [3.8, 4) is 5.75 Å². The van der Waals surface area contributed by atoms with Gasteiger partial charge in [-0.2, -0.15) is 0 Å². The maximum Gasteiger partial charge on any atom is 0.332 e. The van der Waals surface area contributed by atoms with Gasteiger partial charge < -0.3 is 20.6 Å². The third-order valence-corrected chi connectivity index (χ3v) is 6.56. The number of carbonyl (C=O) groups is 1. The smallest absolute Gasteiger partial charge is 0.332 e. The van der Waals surface area contributed by atoms with E-state index in [-0.39, 0.29) is 24.6 Å². The number of anilines is 1. The highest BCUT2D eigenvalue weighted by Crippen LogP contribution is 2.33. The minimum absolute atomic E-state index is 0.132. The van der Waals surface area contributed by atoms with Crippen LogP contribution >= 0.6 is 11.8 Å². The van der Waals surface area contributed by atoms with Crippen molar-refractivity contribution in [1.29, 1.82) is 0 Å². The average Bonchev–Trinajstić information content (AvgIpc) is 3.36. The molecule has 0 aliphatic carbocycles. The highest BCUT2D eigenvalue weighted by atomic mass is 32.2. The number of benzene rings is 2. The van der Waals surface area contributed by atoms with E-state index in [9.17, 15) is 14.3 Å². The number of nitrogens with zero attached hydrogens (tertiary/aromatic N) is 2. The number of nitrogens with two attached hydrogens (primary N) is 1. The number of fused-ring (bicyclic) bond motifs is 2. The first-order chi connectivity index (χ1) is 15.4. The molecule has 0 fully saturated rings. The Kier molecular flexibility index (Phi) is 4.97. The summed E-state index contributed by atoms with van der Waals surface area (Å²) in [6, 6.07) is 15.4. The van der Waals surface area contributed by atoms with Gasteiger partial charge in [0.05, 0.1) is 0 Å². The van der Waals surface area contributed by atoms with Crippen molar-refractivity contribution in [3.63, 3.8) is 0 Å². The zero-order chi connectivity index (χ0) is 22.3. The Labute approximate surface area is 186 Å². The number of nitrogen functional groups attached to an aromatic ring is 1. The van der Waals surface area contributed by atoms with E-state index in [1.165, 1.54) is 23.9 Å². The summed E-state index contributed by atoms with van der Waals surface area (Å²) < 4.78 is 19.4. The van der Waals surface area contributed by atoms with Crippen LogP contribution in [0, 0.1) is 5.82 Å². The third-order valence-electron chi connectivity index (χ3n) is 5.39. The van der Waals surface area contributed by atoms with Crippen molar-refractivity contribution < 1.29 is 19.0 Å². The van der Waals surface area contributed by atoms with E-state index in [2.05, 4.69) is 15.0 Å². The van der Waals surface area contributed by atoms with Gasteiger partial charge in [-0.1, -0.05) is 12.1 Å². The lowest BCUT2D eigenvalue weighted by molar-refractivity contribution is -0.142. The van der Waals surface area contributed by atoms with Gasteiger partial charge >= 0.3 is 5.97 Å². The molecule has 9 heteroatoms. The van der Waals surface area contributed by atoms with E-state index in [0.29, 0.717) is 33.3 Å². The van der Waals surface area contributed by atoms with Crippen LogP contribution in [0.15, 0.2) is 59.6 Å². The highest BCUT2D eigenvalue weighted by Gasteiger charge is 2.43. The fraction of sp³-hybridized carbons (Fsp3) is 0.174. The zero-order valence-corrected chi connectivity index (χ0v) is 17.7. The Morgan fingerprint density at radius 3 is 2.91 bits per heavy atom. The number of thioether (sulfide) groups is 1. The molecule has 1 atom stereocenters. The molecule has 1 aliphatic rings. The minimum atomic E-state index is -1.32. The normalized spacial score (nSPS) is 18.2. The van der Waals surface area contributed by atoms with Crippen LogP contribution in [0.25, 0.3) is 21.8 Å². The van der Waals surface area contributed by atoms with E-state index < -0.39 is 11.5 Å². The van der Waals surface area contributed by atoms with Gasteiger partial charge in [-0.3, -0.25) is 4.99 Å². The Morgan fingerprint density at radius 2 is 2.06 bits per heavy atom. The third kappa shape index (κ3) is 3.75. The number of hydrogen-bond acceptors (Lipinski definition) is 6. The number of hydrogen-bond donors (Lipinski definition) is 3. The first-order valence-corrected chi connectivity index (χ1v) is 10.9. The number of para-hydroxylation sites is 1. The van der Waals surface area contributed by atoms with Crippen LogP contribution in [0.4, 0.5) is 10.2 Å². The van der Waals surface area contributed by atoms with Crippen LogP contribution in [0.1, 0.15) is 5.69 Å². The van der Waals surface area contributed by atoms with Gasteiger partial charge in [0.25, 0.3) is 0 Å². The maximum atomic E-state index is 13.5. The van der Waals surface area contributed by atoms with Crippen molar-refractivity contribution in [1.82, 2.24) is 9.97 Å². The lowest BCUT2D eigenvalue weighted by atomic mass is 9.96. The molecule has 0 bridgehead atoms. The number of ether oxygens (including phenoxy) is 1. The van der Waals surface area contributed by atoms with Crippen LogP contribution in [-0.2, 0) is 11.2 Å². The number of H-pyrrole nitrogens is 1. The summed E-state index contributed by atoms with van der Waals surface area (Å²) in [5.41, 5.74) is 6.45. The molecular weight excluding hydrogens is 431 g/mol.